The largest absolute Gasteiger partial charge is 0.494 e. The number of aliphatic hydroxyl groups excluding tert-OH is 4. The van der Waals surface area contributed by atoms with Gasteiger partial charge in [0.25, 0.3) is 11.6 Å². The van der Waals surface area contributed by atoms with E-state index in [1.54, 1.807) is 24.3 Å². The fourth-order valence-corrected chi connectivity index (χ4v) is 6.54. The van der Waals surface area contributed by atoms with Gasteiger partial charge in [0.15, 0.2) is 0 Å². The van der Waals surface area contributed by atoms with Gasteiger partial charge in [-0.3, -0.25) is 4.79 Å². The summed E-state index contributed by atoms with van der Waals surface area (Å²) in [6.07, 6.45) is -5.75. The number of rotatable bonds is 19. The summed E-state index contributed by atoms with van der Waals surface area (Å²) < 4.78 is 44.3. The lowest BCUT2D eigenvalue weighted by atomic mass is 9.78. The standard InChI is InChI=1S/C24H36O7.C17H25NO9/c1-7-12-28-21-10-8-20(9-11-21)15-30-24(23(26)27-6)13-16(2)18(4)22(31-24)17(3)14-29-19(5)25;18-5-6-25-11-3-1-10(2-4-11)9-26-17(16(23)24)7-12(20)14(22)15(27-17)13(21)8-19/h8-11,16-18,22H,7,12-15H2,1-6H3;1-4,12-15,19-22H,5-9,18H2,(H,23,24)/t16?,17-,18-,22?,24-;12?,13-,14-,15?,17-/m11/s1. The first-order valence-corrected chi connectivity index (χ1v) is 19.4. The lowest BCUT2D eigenvalue weighted by Crippen LogP contribution is -2.62. The minimum atomic E-state index is -2.28. The molecule has 17 nitrogen and oxygen atoms in total. The first-order valence-electron chi connectivity index (χ1n) is 19.4. The van der Waals surface area contributed by atoms with E-state index in [0.717, 1.165) is 17.7 Å². The highest BCUT2D eigenvalue weighted by atomic mass is 16.7. The van der Waals surface area contributed by atoms with Crippen molar-refractivity contribution in [1.82, 2.24) is 0 Å². The molecule has 4 rings (SSSR count). The summed E-state index contributed by atoms with van der Waals surface area (Å²) in [5.41, 5.74) is 6.86. The summed E-state index contributed by atoms with van der Waals surface area (Å²) in [6.45, 7) is 10.4. The van der Waals surface area contributed by atoms with Crippen LogP contribution in [0.4, 0.5) is 0 Å². The van der Waals surface area contributed by atoms with E-state index in [4.69, 9.17) is 48.7 Å². The van der Waals surface area contributed by atoms with Gasteiger partial charge in [-0.1, -0.05) is 52.0 Å². The third-order valence-corrected chi connectivity index (χ3v) is 10.0. The molecule has 2 heterocycles. The van der Waals surface area contributed by atoms with Crippen molar-refractivity contribution in [2.45, 2.75) is 109 Å². The van der Waals surface area contributed by atoms with Gasteiger partial charge in [0.1, 0.15) is 36.4 Å². The van der Waals surface area contributed by atoms with Crippen LogP contribution in [0, 0.1) is 17.8 Å². The van der Waals surface area contributed by atoms with E-state index in [-0.39, 0.29) is 49.6 Å². The molecule has 0 radical (unpaired) electrons. The zero-order valence-electron chi connectivity index (χ0n) is 34.1. The van der Waals surface area contributed by atoms with Crippen molar-refractivity contribution in [3.63, 3.8) is 0 Å². The molecule has 0 aliphatic carbocycles. The quantitative estimate of drug-likeness (QED) is 0.111. The zero-order valence-corrected chi connectivity index (χ0v) is 34.1. The summed E-state index contributed by atoms with van der Waals surface area (Å²) in [5, 5.41) is 48.3. The van der Waals surface area contributed by atoms with Crippen molar-refractivity contribution in [2.75, 3.05) is 40.1 Å². The number of ether oxygens (including phenoxy) is 8. The van der Waals surface area contributed by atoms with Gasteiger partial charge in [-0.05, 0) is 53.6 Å². The number of methoxy groups -OCH3 is 1. The molecule has 0 amide bonds. The number of carboxylic acid groups (broad SMARTS) is 1. The molecule has 2 aromatic carbocycles. The predicted octanol–water partition coefficient (Wildman–Crippen LogP) is 2.31. The van der Waals surface area contributed by atoms with E-state index in [1.807, 2.05) is 31.2 Å². The summed E-state index contributed by atoms with van der Waals surface area (Å²) >= 11 is 0. The average molecular weight is 824 g/mol. The highest BCUT2D eigenvalue weighted by Gasteiger charge is 2.55. The highest BCUT2D eigenvalue weighted by Crippen LogP contribution is 2.41. The Labute approximate surface area is 339 Å². The van der Waals surface area contributed by atoms with Crippen molar-refractivity contribution < 1.29 is 77.8 Å². The SMILES string of the molecule is CCCOc1ccc(CO[C@]2(C(=O)OC)CC(C)[C@@H](C)C([C@H](C)COC(C)=O)O2)cc1.NCCOc1ccc(CO[C@]2(C(=O)O)CC(O)[C@@H](O)C([C@H](O)CO)O2)cc1. The van der Waals surface area contributed by atoms with Crippen LogP contribution in [0.1, 0.15) is 65.0 Å². The van der Waals surface area contributed by atoms with Crippen molar-refractivity contribution in [3.05, 3.63) is 59.7 Å². The number of aliphatic carboxylic acids is 1. The molecule has 7 N–H and O–H groups in total. The van der Waals surface area contributed by atoms with E-state index in [9.17, 15) is 34.8 Å². The van der Waals surface area contributed by atoms with Gasteiger partial charge in [-0.25, -0.2) is 9.59 Å². The number of carbonyl (C=O) groups excluding carboxylic acids is 2. The molecule has 17 heteroatoms. The fraction of sp³-hybridized carbons (Fsp3) is 0.634. The number of nitrogens with two attached hydrogens (primary N) is 1. The Kier molecular flexibility index (Phi) is 19.2. The van der Waals surface area contributed by atoms with E-state index in [0.29, 0.717) is 37.5 Å². The van der Waals surface area contributed by atoms with E-state index in [2.05, 4.69) is 20.8 Å². The second-order valence-electron chi connectivity index (χ2n) is 14.7. The molecule has 326 valence electrons. The molecule has 0 spiro atoms. The number of carboxylic acids is 1. The minimum Gasteiger partial charge on any atom is -0.494 e. The number of hydrogen-bond donors (Lipinski definition) is 6. The van der Waals surface area contributed by atoms with Crippen molar-refractivity contribution in [2.24, 2.45) is 23.5 Å². The monoisotopic (exact) mass is 823 g/mol. The molecular weight excluding hydrogens is 762 g/mol. The molecule has 58 heavy (non-hydrogen) atoms. The predicted molar refractivity (Wildman–Crippen MR) is 206 cm³/mol. The molecule has 2 aliphatic rings. The molecule has 0 aromatic heterocycles. The molecule has 4 unspecified atom stereocenters. The number of hydrogen-bond acceptors (Lipinski definition) is 16. The first-order chi connectivity index (χ1) is 27.5. The Hall–Kier alpha value is -3.91. The Morgan fingerprint density at radius 3 is 1.90 bits per heavy atom. The molecule has 2 aliphatic heterocycles. The Balaban J connectivity index is 0.000000313. The van der Waals surface area contributed by atoms with Crippen LogP contribution in [0.25, 0.3) is 0 Å². The Bertz CT molecular complexity index is 1560. The lowest BCUT2D eigenvalue weighted by Gasteiger charge is -2.46. The highest BCUT2D eigenvalue weighted by molar-refractivity contribution is 5.78. The van der Waals surface area contributed by atoms with Gasteiger partial charge < -0.3 is 69.2 Å². The maximum absolute atomic E-state index is 12.8. The van der Waals surface area contributed by atoms with Crippen LogP contribution in [0.15, 0.2) is 48.5 Å². The van der Waals surface area contributed by atoms with Crippen LogP contribution in [-0.4, -0.2) is 126 Å². The molecular formula is C41H61NO16. The van der Waals surface area contributed by atoms with E-state index < -0.39 is 61.0 Å². The zero-order chi connectivity index (χ0) is 43.0. The van der Waals surface area contributed by atoms with Gasteiger partial charge in [0.2, 0.25) is 0 Å². The summed E-state index contributed by atoms with van der Waals surface area (Å²) in [4.78, 5) is 35.8. The topological polar surface area (TPSA) is 252 Å². The third-order valence-electron chi connectivity index (χ3n) is 10.0. The molecule has 2 saturated heterocycles. The second kappa shape index (κ2) is 23.0. The van der Waals surface area contributed by atoms with Crippen LogP contribution in [0.2, 0.25) is 0 Å². The molecule has 0 saturated carbocycles. The van der Waals surface area contributed by atoms with Gasteiger partial charge in [0, 0.05) is 32.2 Å². The van der Waals surface area contributed by atoms with Gasteiger partial charge in [-0.2, -0.15) is 0 Å². The smallest absolute Gasteiger partial charge is 0.366 e. The van der Waals surface area contributed by atoms with Crippen LogP contribution in [-0.2, 0) is 56.0 Å². The van der Waals surface area contributed by atoms with Crippen LogP contribution in [0.5, 0.6) is 11.5 Å². The maximum Gasteiger partial charge on any atom is 0.366 e. The number of benzene rings is 2. The van der Waals surface area contributed by atoms with E-state index in [1.165, 1.54) is 14.0 Å². The third kappa shape index (κ3) is 13.3. The Morgan fingerprint density at radius 2 is 1.41 bits per heavy atom. The van der Waals surface area contributed by atoms with Crippen LogP contribution in [0.3, 0.4) is 0 Å². The number of aliphatic hydroxyl groups is 4. The van der Waals surface area contributed by atoms with Crippen LogP contribution < -0.4 is 15.2 Å². The van der Waals surface area contributed by atoms with Crippen molar-refractivity contribution in [1.29, 1.82) is 0 Å². The molecule has 2 aromatic rings. The molecule has 2 fully saturated rings. The van der Waals surface area contributed by atoms with Gasteiger partial charge >= 0.3 is 17.9 Å². The number of carbonyl (C=O) groups is 3. The lowest BCUT2D eigenvalue weighted by molar-refractivity contribution is -0.326. The minimum absolute atomic E-state index is 0.107. The normalized spacial score (nSPS) is 27.9. The Morgan fingerprint density at radius 1 is 0.879 bits per heavy atom. The molecule has 0 bridgehead atoms. The second-order valence-corrected chi connectivity index (χ2v) is 14.7. The van der Waals surface area contributed by atoms with Crippen molar-refractivity contribution in [3.8, 4) is 11.5 Å². The molecule has 10 atom stereocenters. The number of esters is 2. The van der Waals surface area contributed by atoms with Gasteiger partial charge in [0.05, 0.1) is 52.4 Å². The van der Waals surface area contributed by atoms with Crippen molar-refractivity contribution >= 4 is 17.9 Å². The maximum atomic E-state index is 12.8. The average Bonchev–Trinajstić information content (AvgIpc) is 3.22. The van der Waals surface area contributed by atoms with E-state index >= 15 is 0 Å². The van der Waals surface area contributed by atoms with Gasteiger partial charge in [-0.15, -0.1) is 0 Å². The first kappa shape index (κ1) is 48.5. The fourth-order valence-electron chi connectivity index (χ4n) is 6.54. The summed E-state index contributed by atoms with van der Waals surface area (Å²) in [7, 11) is 1.33. The summed E-state index contributed by atoms with van der Waals surface area (Å²) in [6, 6.07) is 14.2. The summed E-state index contributed by atoms with van der Waals surface area (Å²) in [5.74, 6) is -4.63. The van der Waals surface area contributed by atoms with Crippen LogP contribution >= 0.6 is 0 Å².